The van der Waals surface area contributed by atoms with E-state index in [0.29, 0.717) is 36.6 Å². The first-order valence-corrected chi connectivity index (χ1v) is 11.1. The van der Waals surface area contributed by atoms with E-state index >= 15 is 0 Å². The number of anilines is 1. The van der Waals surface area contributed by atoms with Crippen LogP contribution >= 0.6 is 0 Å². The van der Waals surface area contributed by atoms with E-state index in [0.717, 1.165) is 0 Å². The van der Waals surface area contributed by atoms with E-state index in [-0.39, 0.29) is 10.6 Å². The van der Waals surface area contributed by atoms with Crippen LogP contribution < -0.4 is 5.32 Å². The molecular formula is C20H21FN6O3S. The number of halogens is 1. The molecule has 1 aliphatic heterocycles. The molecule has 31 heavy (non-hydrogen) atoms. The summed E-state index contributed by atoms with van der Waals surface area (Å²) in [5.41, 5.74) is 1.12. The number of imidazole rings is 1. The lowest BCUT2D eigenvalue weighted by atomic mass is 10.2. The predicted molar refractivity (Wildman–Crippen MR) is 110 cm³/mol. The van der Waals surface area contributed by atoms with Crippen LogP contribution in [0.25, 0.3) is 0 Å². The minimum absolute atomic E-state index is 0.0195. The summed E-state index contributed by atoms with van der Waals surface area (Å²) in [5.74, 6) is -0.489. The first-order valence-electron chi connectivity index (χ1n) is 9.66. The second-order valence-electron chi connectivity index (χ2n) is 7.34. The van der Waals surface area contributed by atoms with Gasteiger partial charge in [-0.2, -0.15) is 4.31 Å². The molecule has 1 N–H and O–H groups in total. The van der Waals surface area contributed by atoms with Gasteiger partial charge in [0.2, 0.25) is 0 Å². The van der Waals surface area contributed by atoms with Gasteiger partial charge in [-0.3, -0.25) is 4.79 Å². The fraction of sp³-hybridized carbons (Fsp3) is 0.300. The van der Waals surface area contributed by atoms with Gasteiger partial charge in [-0.05, 0) is 44.0 Å². The highest BCUT2D eigenvalue weighted by Gasteiger charge is 2.39. The molecule has 0 radical (unpaired) electrons. The standard InChI is InChI=1S/C20H21FN6O3S/c1-13-16(20(28)25-15-7-5-14(21)6-8-15)10-22-19(24-13)17-4-3-9-27(17)31(29,30)18-11-26(2)12-23-18/h5-8,10-12,17H,3-4,9H2,1-2H3,(H,25,28)/t17-/m1/s1. The minimum Gasteiger partial charge on any atom is -0.339 e. The number of nitrogens with one attached hydrogen (secondary N) is 1. The molecule has 3 heterocycles. The van der Waals surface area contributed by atoms with Crippen molar-refractivity contribution in [1.82, 2.24) is 23.8 Å². The highest BCUT2D eigenvalue weighted by atomic mass is 32.2. The Morgan fingerprint density at radius 3 is 2.61 bits per heavy atom. The Labute approximate surface area is 179 Å². The zero-order valence-electron chi connectivity index (χ0n) is 17.0. The summed E-state index contributed by atoms with van der Waals surface area (Å²) in [6, 6.07) is 4.88. The molecule has 4 rings (SSSR count). The maximum Gasteiger partial charge on any atom is 0.262 e. The number of nitrogens with zero attached hydrogens (tertiary/aromatic N) is 5. The first kappa shape index (κ1) is 21.1. The highest BCUT2D eigenvalue weighted by molar-refractivity contribution is 7.89. The lowest BCUT2D eigenvalue weighted by molar-refractivity contribution is 0.102. The molecule has 1 fully saturated rings. The Morgan fingerprint density at radius 1 is 1.23 bits per heavy atom. The van der Waals surface area contributed by atoms with Crippen LogP contribution in [0.2, 0.25) is 0 Å². The van der Waals surface area contributed by atoms with Crippen LogP contribution in [-0.2, 0) is 17.1 Å². The molecule has 0 bridgehead atoms. The number of rotatable bonds is 5. The van der Waals surface area contributed by atoms with E-state index in [1.54, 1.807) is 18.5 Å². The SMILES string of the molecule is Cc1nc([C@H]2CCCN2S(=O)(=O)c2cn(C)cn2)ncc1C(=O)Nc1ccc(F)cc1. The van der Waals surface area contributed by atoms with Gasteiger partial charge in [-0.1, -0.05) is 0 Å². The van der Waals surface area contributed by atoms with Gasteiger partial charge in [-0.15, -0.1) is 0 Å². The smallest absolute Gasteiger partial charge is 0.262 e. The zero-order valence-corrected chi connectivity index (χ0v) is 17.8. The molecule has 1 amide bonds. The zero-order chi connectivity index (χ0) is 22.2. The lowest BCUT2D eigenvalue weighted by Crippen LogP contribution is -2.32. The molecule has 0 spiro atoms. The predicted octanol–water partition coefficient (Wildman–Crippen LogP) is 2.44. The van der Waals surface area contributed by atoms with Crippen molar-refractivity contribution < 1.29 is 17.6 Å². The van der Waals surface area contributed by atoms with Crippen molar-refractivity contribution >= 4 is 21.6 Å². The molecule has 0 unspecified atom stereocenters. The van der Waals surface area contributed by atoms with E-state index in [2.05, 4.69) is 20.3 Å². The van der Waals surface area contributed by atoms with Crippen molar-refractivity contribution in [2.24, 2.45) is 7.05 Å². The number of aromatic nitrogens is 4. The Bertz CT molecular complexity index is 1230. The maximum atomic E-state index is 13.0. The Kier molecular flexibility index (Phi) is 5.54. The number of benzene rings is 1. The molecule has 162 valence electrons. The summed E-state index contributed by atoms with van der Waals surface area (Å²) in [5, 5.41) is 2.65. The van der Waals surface area contributed by atoms with E-state index in [1.165, 1.54) is 47.3 Å². The summed E-state index contributed by atoms with van der Waals surface area (Å²) in [7, 11) is -2.08. The van der Waals surface area contributed by atoms with E-state index in [1.807, 2.05) is 0 Å². The number of sulfonamides is 1. The molecule has 1 saturated heterocycles. The third kappa shape index (κ3) is 4.19. The number of amides is 1. The Hall–Kier alpha value is -3.18. The van der Waals surface area contributed by atoms with Gasteiger partial charge in [-0.25, -0.2) is 27.8 Å². The molecule has 1 aliphatic rings. The maximum absolute atomic E-state index is 13.0. The molecule has 9 nitrogen and oxygen atoms in total. The summed E-state index contributed by atoms with van der Waals surface area (Å²) in [6.07, 6.45) is 5.53. The van der Waals surface area contributed by atoms with Crippen molar-refractivity contribution in [3.05, 3.63) is 65.9 Å². The molecule has 11 heteroatoms. The molecule has 2 aromatic heterocycles. The largest absolute Gasteiger partial charge is 0.339 e. The van der Waals surface area contributed by atoms with Gasteiger partial charge in [0.15, 0.2) is 5.03 Å². The van der Waals surface area contributed by atoms with E-state index in [4.69, 9.17) is 0 Å². The van der Waals surface area contributed by atoms with Crippen LogP contribution in [0.15, 0.2) is 48.0 Å². The molecule has 1 aromatic carbocycles. The van der Waals surface area contributed by atoms with Crippen LogP contribution in [-0.4, -0.2) is 44.7 Å². The first-order chi connectivity index (χ1) is 14.8. The monoisotopic (exact) mass is 444 g/mol. The number of hydrogen-bond donors (Lipinski definition) is 1. The van der Waals surface area contributed by atoms with Gasteiger partial charge in [0, 0.05) is 31.7 Å². The molecule has 1 atom stereocenters. The van der Waals surface area contributed by atoms with Crippen molar-refractivity contribution in [2.75, 3.05) is 11.9 Å². The van der Waals surface area contributed by atoms with Crippen LogP contribution in [0.1, 0.15) is 40.8 Å². The normalized spacial score (nSPS) is 17.1. The minimum atomic E-state index is -3.79. The van der Waals surface area contributed by atoms with Gasteiger partial charge >= 0.3 is 0 Å². The highest BCUT2D eigenvalue weighted by Crippen LogP contribution is 2.34. The van der Waals surface area contributed by atoms with E-state index < -0.39 is 27.8 Å². The average Bonchev–Trinajstić information content (AvgIpc) is 3.39. The van der Waals surface area contributed by atoms with Crippen molar-refractivity contribution in [3.8, 4) is 0 Å². The van der Waals surface area contributed by atoms with Gasteiger partial charge in [0.25, 0.3) is 15.9 Å². The molecular weight excluding hydrogens is 423 g/mol. The van der Waals surface area contributed by atoms with Crippen molar-refractivity contribution in [2.45, 2.75) is 30.8 Å². The molecule has 0 aliphatic carbocycles. The second kappa shape index (κ2) is 8.16. The topological polar surface area (TPSA) is 110 Å². The second-order valence-corrected chi connectivity index (χ2v) is 9.18. The summed E-state index contributed by atoms with van der Waals surface area (Å²) in [6.45, 7) is 2.01. The number of carbonyl (C=O) groups excluding carboxylic acids is 1. The summed E-state index contributed by atoms with van der Waals surface area (Å²) in [4.78, 5) is 25.3. The van der Waals surface area contributed by atoms with Crippen LogP contribution in [0.4, 0.5) is 10.1 Å². The van der Waals surface area contributed by atoms with Crippen molar-refractivity contribution in [3.63, 3.8) is 0 Å². The summed E-state index contributed by atoms with van der Waals surface area (Å²) < 4.78 is 42.0. The molecule has 3 aromatic rings. The number of aryl methyl sites for hydroxylation is 2. The fourth-order valence-corrected chi connectivity index (χ4v) is 5.15. The lowest BCUT2D eigenvalue weighted by Gasteiger charge is -2.22. The number of hydrogen-bond acceptors (Lipinski definition) is 6. The Morgan fingerprint density at radius 2 is 1.97 bits per heavy atom. The van der Waals surface area contributed by atoms with Crippen LogP contribution in [0.5, 0.6) is 0 Å². The number of carbonyl (C=O) groups is 1. The third-order valence-electron chi connectivity index (χ3n) is 5.10. The van der Waals surface area contributed by atoms with Gasteiger partial charge in [0.1, 0.15) is 11.6 Å². The quantitative estimate of drug-likeness (QED) is 0.647. The van der Waals surface area contributed by atoms with Gasteiger partial charge in [0.05, 0.1) is 23.6 Å². The van der Waals surface area contributed by atoms with Crippen molar-refractivity contribution in [1.29, 1.82) is 0 Å². The van der Waals surface area contributed by atoms with Crippen LogP contribution in [0.3, 0.4) is 0 Å². The Balaban J connectivity index is 1.57. The third-order valence-corrected chi connectivity index (χ3v) is 6.89. The molecule has 0 saturated carbocycles. The van der Waals surface area contributed by atoms with Gasteiger partial charge < -0.3 is 9.88 Å². The average molecular weight is 444 g/mol. The van der Waals surface area contributed by atoms with Crippen LogP contribution in [0, 0.1) is 12.7 Å². The summed E-state index contributed by atoms with van der Waals surface area (Å²) >= 11 is 0. The van der Waals surface area contributed by atoms with E-state index in [9.17, 15) is 17.6 Å². The fourth-order valence-electron chi connectivity index (χ4n) is 3.53.